The van der Waals surface area contributed by atoms with Crippen LogP contribution in [0.15, 0.2) is 18.3 Å². The van der Waals surface area contributed by atoms with Crippen molar-refractivity contribution in [3.63, 3.8) is 0 Å². The fraction of sp³-hybridized carbons (Fsp3) is 0.375. The van der Waals surface area contributed by atoms with Crippen molar-refractivity contribution in [3.05, 3.63) is 23.4 Å². The standard InChI is InChI=1S/C8H12ClN3O3S/c1-15-6-5-11-16(13,14)12-8-7(9)3-2-4-10-8/h2-4,11H,5-6H2,1H3,(H,10,12). The average Bonchev–Trinajstić information content (AvgIpc) is 2.21. The molecule has 8 heteroatoms. The molecule has 0 fully saturated rings. The lowest BCUT2D eigenvalue weighted by Crippen LogP contribution is -2.32. The van der Waals surface area contributed by atoms with Gasteiger partial charge in [0.15, 0.2) is 5.82 Å². The normalized spacial score (nSPS) is 11.4. The summed E-state index contributed by atoms with van der Waals surface area (Å²) in [6, 6.07) is 3.15. The maximum absolute atomic E-state index is 11.5. The zero-order valence-corrected chi connectivity index (χ0v) is 10.2. The Balaban J connectivity index is 2.63. The molecule has 0 saturated carbocycles. The number of nitrogens with one attached hydrogen (secondary N) is 2. The maximum Gasteiger partial charge on any atom is 0.300 e. The number of rotatable bonds is 6. The molecule has 0 bridgehead atoms. The molecule has 0 saturated heterocycles. The minimum atomic E-state index is -3.66. The molecule has 1 rings (SSSR count). The molecule has 0 aromatic carbocycles. The summed E-state index contributed by atoms with van der Waals surface area (Å²) in [6.07, 6.45) is 1.44. The summed E-state index contributed by atoms with van der Waals surface area (Å²) in [4.78, 5) is 3.80. The second-order valence-corrected chi connectivity index (χ2v) is 4.73. The Kier molecular flexibility index (Phi) is 4.94. The van der Waals surface area contributed by atoms with Gasteiger partial charge in [-0.25, -0.2) is 4.98 Å². The number of ether oxygens (including phenoxy) is 1. The minimum absolute atomic E-state index is 0.0917. The summed E-state index contributed by atoms with van der Waals surface area (Å²) in [6.45, 7) is 0.465. The SMILES string of the molecule is COCCNS(=O)(=O)Nc1ncccc1Cl. The van der Waals surface area contributed by atoms with Crippen molar-refractivity contribution in [2.45, 2.75) is 0 Å². The topological polar surface area (TPSA) is 80.3 Å². The van der Waals surface area contributed by atoms with E-state index in [9.17, 15) is 8.42 Å². The van der Waals surface area contributed by atoms with Gasteiger partial charge in [0.1, 0.15) is 0 Å². The molecule has 90 valence electrons. The Morgan fingerprint density at radius 2 is 2.31 bits per heavy atom. The van der Waals surface area contributed by atoms with Gasteiger partial charge >= 0.3 is 0 Å². The number of anilines is 1. The summed E-state index contributed by atoms with van der Waals surface area (Å²) < 4.78 is 32.1. The molecule has 16 heavy (non-hydrogen) atoms. The van der Waals surface area contributed by atoms with Crippen LogP contribution < -0.4 is 9.44 Å². The van der Waals surface area contributed by atoms with Crippen molar-refractivity contribution in [3.8, 4) is 0 Å². The lowest BCUT2D eigenvalue weighted by Gasteiger charge is -2.08. The Labute approximate surface area is 99.2 Å². The number of halogens is 1. The van der Waals surface area contributed by atoms with Crippen molar-refractivity contribution in [1.82, 2.24) is 9.71 Å². The molecule has 1 aromatic rings. The number of methoxy groups -OCH3 is 1. The van der Waals surface area contributed by atoms with E-state index in [1.807, 2.05) is 0 Å². The van der Waals surface area contributed by atoms with Crippen molar-refractivity contribution < 1.29 is 13.2 Å². The van der Waals surface area contributed by atoms with E-state index in [2.05, 4.69) is 14.4 Å². The minimum Gasteiger partial charge on any atom is -0.383 e. The number of aromatic nitrogens is 1. The van der Waals surface area contributed by atoms with Crippen molar-refractivity contribution in [2.75, 3.05) is 25.0 Å². The first-order valence-corrected chi connectivity index (χ1v) is 6.28. The molecule has 0 atom stereocenters. The number of nitrogens with zero attached hydrogens (tertiary/aromatic N) is 1. The van der Waals surface area contributed by atoms with Crippen LogP contribution in [0.4, 0.5) is 5.82 Å². The molecule has 0 radical (unpaired) electrons. The molecule has 6 nitrogen and oxygen atoms in total. The smallest absolute Gasteiger partial charge is 0.300 e. The molecule has 0 aliphatic heterocycles. The van der Waals surface area contributed by atoms with Gasteiger partial charge in [-0.2, -0.15) is 13.1 Å². The van der Waals surface area contributed by atoms with E-state index in [1.165, 1.54) is 13.3 Å². The number of pyridine rings is 1. The third kappa shape index (κ3) is 4.31. The molecule has 0 aliphatic rings. The third-order valence-electron chi connectivity index (χ3n) is 1.59. The quantitative estimate of drug-likeness (QED) is 0.740. The first-order chi connectivity index (χ1) is 7.55. The average molecular weight is 266 g/mol. The van der Waals surface area contributed by atoms with Gasteiger partial charge in [0, 0.05) is 19.9 Å². The molecular weight excluding hydrogens is 254 g/mol. The van der Waals surface area contributed by atoms with Gasteiger partial charge in [0.2, 0.25) is 0 Å². The highest BCUT2D eigenvalue weighted by Crippen LogP contribution is 2.17. The van der Waals surface area contributed by atoms with Crippen LogP contribution in [0.1, 0.15) is 0 Å². The molecule has 1 aromatic heterocycles. The fourth-order valence-electron chi connectivity index (χ4n) is 0.902. The van der Waals surface area contributed by atoms with E-state index < -0.39 is 10.2 Å². The van der Waals surface area contributed by atoms with Crippen LogP contribution in [0.2, 0.25) is 5.02 Å². The molecular formula is C8H12ClN3O3S. The third-order valence-corrected chi connectivity index (χ3v) is 2.94. The Bertz CT molecular complexity index is 438. The van der Waals surface area contributed by atoms with Gasteiger partial charge in [-0.1, -0.05) is 11.6 Å². The molecule has 0 aliphatic carbocycles. The summed E-state index contributed by atoms with van der Waals surface area (Å²) >= 11 is 5.75. The Morgan fingerprint density at radius 3 is 2.94 bits per heavy atom. The molecule has 1 heterocycles. The van der Waals surface area contributed by atoms with Crippen LogP contribution in [0.25, 0.3) is 0 Å². The molecule has 0 unspecified atom stereocenters. The second kappa shape index (κ2) is 6.00. The summed E-state index contributed by atoms with van der Waals surface area (Å²) in [5.41, 5.74) is 0. The fourth-order valence-corrected chi connectivity index (χ4v) is 1.97. The highest BCUT2D eigenvalue weighted by Gasteiger charge is 2.11. The summed E-state index contributed by atoms with van der Waals surface area (Å²) in [7, 11) is -2.17. The van der Waals surface area contributed by atoms with Crippen LogP contribution >= 0.6 is 11.6 Å². The van der Waals surface area contributed by atoms with Crippen molar-refractivity contribution in [2.24, 2.45) is 0 Å². The van der Waals surface area contributed by atoms with E-state index in [0.29, 0.717) is 0 Å². The van der Waals surface area contributed by atoms with E-state index in [0.717, 1.165) is 0 Å². The number of hydrogen-bond acceptors (Lipinski definition) is 4. The Morgan fingerprint density at radius 1 is 1.56 bits per heavy atom. The van der Waals surface area contributed by atoms with Crippen LogP contribution in [0, 0.1) is 0 Å². The van der Waals surface area contributed by atoms with Crippen LogP contribution in [-0.4, -0.2) is 33.7 Å². The van der Waals surface area contributed by atoms with Gasteiger partial charge in [-0.15, -0.1) is 0 Å². The zero-order chi connectivity index (χ0) is 12.0. The van der Waals surface area contributed by atoms with E-state index >= 15 is 0 Å². The van der Waals surface area contributed by atoms with E-state index in [1.54, 1.807) is 12.1 Å². The van der Waals surface area contributed by atoms with Gasteiger partial charge in [-0.3, -0.25) is 4.72 Å². The lowest BCUT2D eigenvalue weighted by atomic mass is 10.5. The predicted octanol–water partition coefficient (Wildman–Crippen LogP) is 0.628. The summed E-state index contributed by atoms with van der Waals surface area (Å²) in [5.74, 6) is 0.0917. The maximum atomic E-state index is 11.5. The largest absolute Gasteiger partial charge is 0.383 e. The van der Waals surface area contributed by atoms with Gasteiger partial charge < -0.3 is 4.74 Å². The van der Waals surface area contributed by atoms with E-state index in [4.69, 9.17) is 16.3 Å². The van der Waals surface area contributed by atoms with Gasteiger partial charge in [0.05, 0.1) is 11.6 Å². The molecule has 2 N–H and O–H groups in total. The van der Waals surface area contributed by atoms with Gasteiger partial charge in [0.25, 0.3) is 10.2 Å². The Hall–Kier alpha value is -0.890. The number of hydrogen-bond donors (Lipinski definition) is 2. The molecule has 0 spiro atoms. The highest BCUT2D eigenvalue weighted by molar-refractivity contribution is 7.90. The monoisotopic (exact) mass is 265 g/mol. The van der Waals surface area contributed by atoms with Crippen LogP contribution in [-0.2, 0) is 14.9 Å². The van der Waals surface area contributed by atoms with Crippen molar-refractivity contribution >= 4 is 27.6 Å². The molecule has 0 amide bonds. The second-order valence-electron chi connectivity index (χ2n) is 2.83. The lowest BCUT2D eigenvalue weighted by molar-refractivity contribution is 0.204. The van der Waals surface area contributed by atoms with Crippen LogP contribution in [0.3, 0.4) is 0 Å². The van der Waals surface area contributed by atoms with Crippen LogP contribution in [0.5, 0.6) is 0 Å². The predicted molar refractivity (Wildman–Crippen MR) is 61.7 cm³/mol. The summed E-state index contributed by atoms with van der Waals surface area (Å²) in [5, 5.41) is 0.236. The van der Waals surface area contributed by atoms with E-state index in [-0.39, 0.29) is 24.0 Å². The first-order valence-electron chi connectivity index (χ1n) is 4.42. The van der Waals surface area contributed by atoms with Gasteiger partial charge in [-0.05, 0) is 12.1 Å². The van der Waals surface area contributed by atoms with Crippen molar-refractivity contribution in [1.29, 1.82) is 0 Å². The first kappa shape index (κ1) is 13.2. The zero-order valence-electron chi connectivity index (χ0n) is 8.60. The highest BCUT2D eigenvalue weighted by atomic mass is 35.5.